The Kier molecular flexibility index (Phi) is 6.81. The Labute approximate surface area is 191 Å². The van der Waals surface area contributed by atoms with E-state index in [0.717, 1.165) is 23.1 Å². The number of hydrogen-bond donors (Lipinski definition) is 1. The zero-order valence-electron chi connectivity index (χ0n) is 18.5. The van der Waals surface area contributed by atoms with E-state index < -0.39 is 5.41 Å². The molecule has 0 aliphatic rings. The highest BCUT2D eigenvalue weighted by Crippen LogP contribution is 2.42. The molecule has 0 heterocycles. The molecule has 1 N–H and O–H groups in total. The summed E-state index contributed by atoms with van der Waals surface area (Å²) in [5, 5.41) is 3.18. The highest BCUT2D eigenvalue weighted by Gasteiger charge is 2.38. The van der Waals surface area contributed by atoms with Crippen LogP contribution in [0.5, 0.6) is 0 Å². The first-order valence-electron chi connectivity index (χ1n) is 11.2. The van der Waals surface area contributed by atoms with E-state index in [4.69, 9.17) is 0 Å². The van der Waals surface area contributed by atoms with Crippen molar-refractivity contribution < 1.29 is 4.79 Å². The van der Waals surface area contributed by atoms with Gasteiger partial charge >= 0.3 is 0 Å². The van der Waals surface area contributed by atoms with Crippen LogP contribution in [-0.2, 0) is 16.6 Å². The molecule has 2 heteroatoms. The average molecular weight is 420 g/mol. The third-order valence-electron chi connectivity index (χ3n) is 6.20. The number of carbonyl (C=O) groups excluding carboxylic acids is 1. The molecule has 0 aliphatic carbocycles. The van der Waals surface area contributed by atoms with E-state index in [9.17, 15) is 4.79 Å². The van der Waals surface area contributed by atoms with Gasteiger partial charge in [0.1, 0.15) is 0 Å². The molecule has 0 aromatic heterocycles. The molecule has 0 atom stereocenters. The minimum absolute atomic E-state index is 0.0511. The van der Waals surface area contributed by atoms with Crippen molar-refractivity contribution in [2.75, 3.05) is 6.54 Å². The van der Waals surface area contributed by atoms with E-state index in [-0.39, 0.29) is 5.91 Å². The summed E-state index contributed by atoms with van der Waals surface area (Å²) in [5.41, 5.74) is 5.32. The van der Waals surface area contributed by atoms with Gasteiger partial charge in [0.15, 0.2) is 0 Å². The standard InChI is InChI=1S/C30H29NO/c1-24-13-11-12-14-25(24)21-22-31-29(32)23-30(26-15-5-2-6-16-26,27-17-7-3-8-18-27)28-19-9-4-10-20-28/h2-20H,21-23H2,1H3,(H,31,32). The van der Waals surface area contributed by atoms with Crippen LogP contribution in [0.2, 0.25) is 0 Å². The average Bonchev–Trinajstić information content (AvgIpc) is 2.85. The number of carbonyl (C=O) groups is 1. The van der Waals surface area contributed by atoms with E-state index in [2.05, 4.69) is 66.8 Å². The second-order valence-electron chi connectivity index (χ2n) is 8.21. The zero-order valence-corrected chi connectivity index (χ0v) is 18.5. The molecule has 1 amide bonds. The first-order valence-corrected chi connectivity index (χ1v) is 11.2. The Morgan fingerprint density at radius 3 is 1.56 bits per heavy atom. The lowest BCUT2D eigenvalue weighted by molar-refractivity contribution is -0.121. The van der Waals surface area contributed by atoms with Gasteiger partial charge in [0.25, 0.3) is 0 Å². The van der Waals surface area contributed by atoms with Gasteiger partial charge in [-0.15, -0.1) is 0 Å². The van der Waals surface area contributed by atoms with Crippen LogP contribution in [0.3, 0.4) is 0 Å². The minimum atomic E-state index is -0.559. The summed E-state index contributed by atoms with van der Waals surface area (Å²) in [5.74, 6) is 0.0511. The predicted octanol–water partition coefficient (Wildman–Crippen LogP) is 6.08. The lowest BCUT2D eigenvalue weighted by Crippen LogP contribution is -2.37. The maximum absolute atomic E-state index is 13.3. The summed E-state index contributed by atoms with van der Waals surface area (Å²) in [6.45, 7) is 2.74. The fourth-order valence-electron chi connectivity index (χ4n) is 4.50. The molecule has 0 fully saturated rings. The van der Waals surface area contributed by atoms with Crippen molar-refractivity contribution in [3.63, 3.8) is 0 Å². The molecule has 2 nitrogen and oxygen atoms in total. The van der Waals surface area contributed by atoms with Crippen LogP contribution < -0.4 is 5.32 Å². The van der Waals surface area contributed by atoms with Crippen molar-refractivity contribution in [2.24, 2.45) is 0 Å². The van der Waals surface area contributed by atoms with Crippen LogP contribution in [0.15, 0.2) is 115 Å². The quantitative estimate of drug-likeness (QED) is 0.345. The molecule has 0 bridgehead atoms. The molecule has 4 aromatic rings. The second kappa shape index (κ2) is 10.1. The Morgan fingerprint density at radius 2 is 1.09 bits per heavy atom. The molecule has 0 unspecified atom stereocenters. The van der Waals surface area contributed by atoms with Gasteiger partial charge in [0.2, 0.25) is 5.91 Å². The largest absolute Gasteiger partial charge is 0.356 e. The Hall–Kier alpha value is -3.65. The minimum Gasteiger partial charge on any atom is -0.356 e. The smallest absolute Gasteiger partial charge is 0.221 e. The maximum Gasteiger partial charge on any atom is 0.221 e. The van der Waals surface area contributed by atoms with E-state index in [1.807, 2.05) is 60.7 Å². The number of aryl methyl sites for hydroxylation is 1. The molecule has 32 heavy (non-hydrogen) atoms. The third kappa shape index (κ3) is 4.65. The molecule has 0 spiro atoms. The van der Waals surface area contributed by atoms with E-state index in [1.54, 1.807) is 0 Å². The van der Waals surface area contributed by atoms with Crippen molar-refractivity contribution in [3.8, 4) is 0 Å². The molecule has 4 aromatic carbocycles. The van der Waals surface area contributed by atoms with Gasteiger partial charge < -0.3 is 5.32 Å². The lowest BCUT2D eigenvalue weighted by Gasteiger charge is -2.35. The Bertz CT molecular complexity index is 1040. The van der Waals surface area contributed by atoms with Crippen LogP contribution in [0, 0.1) is 6.92 Å². The van der Waals surface area contributed by atoms with Gasteiger partial charge in [0.05, 0.1) is 5.41 Å². The van der Waals surface area contributed by atoms with Crippen LogP contribution >= 0.6 is 0 Å². The summed E-state index contributed by atoms with van der Waals surface area (Å²) < 4.78 is 0. The molecule has 0 saturated carbocycles. The van der Waals surface area contributed by atoms with Crippen LogP contribution in [0.25, 0.3) is 0 Å². The van der Waals surface area contributed by atoms with Gasteiger partial charge in [-0.1, -0.05) is 115 Å². The van der Waals surface area contributed by atoms with Crippen molar-refractivity contribution in [1.82, 2.24) is 5.32 Å². The van der Waals surface area contributed by atoms with Gasteiger partial charge in [-0.05, 0) is 41.2 Å². The van der Waals surface area contributed by atoms with E-state index >= 15 is 0 Å². The SMILES string of the molecule is Cc1ccccc1CCNC(=O)CC(c1ccccc1)(c1ccccc1)c1ccccc1. The molecule has 0 radical (unpaired) electrons. The first kappa shape index (κ1) is 21.6. The summed E-state index contributed by atoms with van der Waals surface area (Å²) in [6, 6.07) is 39.4. The summed E-state index contributed by atoms with van der Waals surface area (Å²) in [6.07, 6.45) is 1.17. The highest BCUT2D eigenvalue weighted by atomic mass is 16.1. The Morgan fingerprint density at radius 1 is 0.656 bits per heavy atom. The second-order valence-corrected chi connectivity index (χ2v) is 8.21. The maximum atomic E-state index is 13.3. The number of rotatable bonds is 8. The van der Waals surface area contributed by atoms with Gasteiger partial charge in [-0.3, -0.25) is 4.79 Å². The topological polar surface area (TPSA) is 29.1 Å². The van der Waals surface area contributed by atoms with Crippen LogP contribution in [-0.4, -0.2) is 12.5 Å². The van der Waals surface area contributed by atoms with Crippen molar-refractivity contribution in [3.05, 3.63) is 143 Å². The van der Waals surface area contributed by atoms with Gasteiger partial charge in [-0.2, -0.15) is 0 Å². The number of nitrogens with one attached hydrogen (secondary N) is 1. The number of benzene rings is 4. The van der Waals surface area contributed by atoms with E-state index in [0.29, 0.717) is 13.0 Å². The molecular formula is C30H29NO. The first-order chi connectivity index (χ1) is 15.7. The van der Waals surface area contributed by atoms with Crippen LogP contribution in [0.4, 0.5) is 0 Å². The number of hydrogen-bond acceptors (Lipinski definition) is 1. The molecule has 0 aliphatic heterocycles. The molecular weight excluding hydrogens is 390 g/mol. The fraction of sp³-hybridized carbons (Fsp3) is 0.167. The Balaban J connectivity index is 1.66. The fourth-order valence-corrected chi connectivity index (χ4v) is 4.50. The summed E-state index contributed by atoms with van der Waals surface area (Å²) in [4.78, 5) is 13.3. The monoisotopic (exact) mass is 419 g/mol. The molecule has 160 valence electrons. The number of amides is 1. The highest BCUT2D eigenvalue weighted by molar-refractivity contribution is 5.80. The predicted molar refractivity (Wildman–Crippen MR) is 132 cm³/mol. The molecule has 4 rings (SSSR count). The van der Waals surface area contributed by atoms with Crippen molar-refractivity contribution in [1.29, 1.82) is 0 Å². The molecule has 0 saturated heterocycles. The summed E-state index contributed by atoms with van der Waals surface area (Å²) >= 11 is 0. The van der Waals surface area contributed by atoms with Crippen molar-refractivity contribution >= 4 is 5.91 Å². The van der Waals surface area contributed by atoms with E-state index in [1.165, 1.54) is 11.1 Å². The third-order valence-corrected chi connectivity index (χ3v) is 6.20. The lowest BCUT2D eigenvalue weighted by atomic mass is 9.67. The normalized spacial score (nSPS) is 11.2. The van der Waals surface area contributed by atoms with Crippen LogP contribution in [0.1, 0.15) is 34.2 Å². The van der Waals surface area contributed by atoms with Crippen molar-refractivity contribution in [2.45, 2.75) is 25.2 Å². The van der Waals surface area contributed by atoms with Gasteiger partial charge in [-0.25, -0.2) is 0 Å². The summed E-state index contributed by atoms with van der Waals surface area (Å²) in [7, 11) is 0. The van der Waals surface area contributed by atoms with Gasteiger partial charge in [0, 0.05) is 13.0 Å². The zero-order chi connectivity index (χ0) is 22.2.